The number of rotatable bonds is 5. The molecule has 0 amide bonds. The number of hydrogen-bond donors (Lipinski definition) is 1. The minimum Gasteiger partial charge on any atom is -0.326 e. The van der Waals surface area contributed by atoms with E-state index in [4.69, 9.17) is 17.3 Å². The van der Waals surface area contributed by atoms with Crippen molar-refractivity contribution in [1.29, 1.82) is 0 Å². The van der Waals surface area contributed by atoms with Gasteiger partial charge in [0.05, 0.1) is 4.90 Å². The van der Waals surface area contributed by atoms with Crippen LogP contribution in [0.3, 0.4) is 0 Å². The second kappa shape index (κ2) is 6.02. The molecule has 0 fully saturated rings. The Kier molecular flexibility index (Phi) is 5.16. The molecule has 102 valence electrons. The molecule has 0 aliphatic rings. The molecule has 0 aliphatic heterocycles. The van der Waals surface area contributed by atoms with Crippen molar-refractivity contribution in [3.05, 3.63) is 28.3 Å². The molecule has 0 heterocycles. The van der Waals surface area contributed by atoms with Crippen LogP contribution in [0.4, 0.5) is 0 Å². The third-order valence-electron chi connectivity index (χ3n) is 2.98. The van der Waals surface area contributed by atoms with E-state index in [0.29, 0.717) is 23.7 Å². The quantitative estimate of drug-likeness (QED) is 0.903. The van der Waals surface area contributed by atoms with E-state index in [9.17, 15) is 8.42 Å². The molecule has 0 aliphatic carbocycles. The largest absolute Gasteiger partial charge is 0.326 e. The lowest BCUT2D eigenvalue weighted by Gasteiger charge is -2.21. The fourth-order valence-corrected chi connectivity index (χ4v) is 3.95. The average molecular weight is 291 g/mol. The van der Waals surface area contributed by atoms with Gasteiger partial charge in [0.25, 0.3) is 0 Å². The summed E-state index contributed by atoms with van der Waals surface area (Å²) in [6, 6.07) is 3.20. The smallest absolute Gasteiger partial charge is 0.243 e. The maximum atomic E-state index is 12.5. The molecule has 0 unspecified atom stereocenters. The summed E-state index contributed by atoms with van der Waals surface area (Å²) >= 11 is 5.96. The molecule has 0 saturated carbocycles. The predicted octanol–water partition coefficient (Wildman–Crippen LogP) is 2.14. The van der Waals surface area contributed by atoms with E-state index in [1.807, 2.05) is 13.8 Å². The van der Waals surface area contributed by atoms with Gasteiger partial charge in [-0.05, 0) is 30.2 Å². The molecule has 18 heavy (non-hydrogen) atoms. The first-order chi connectivity index (χ1) is 8.38. The van der Waals surface area contributed by atoms with Crippen molar-refractivity contribution in [3.63, 3.8) is 0 Å². The zero-order chi connectivity index (χ0) is 13.9. The van der Waals surface area contributed by atoms with Crippen LogP contribution in [-0.4, -0.2) is 25.8 Å². The highest BCUT2D eigenvalue weighted by molar-refractivity contribution is 7.89. The van der Waals surface area contributed by atoms with E-state index in [2.05, 4.69) is 0 Å². The van der Waals surface area contributed by atoms with Gasteiger partial charge in [0, 0.05) is 24.7 Å². The Morgan fingerprint density at radius 1 is 1.28 bits per heavy atom. The lowest BCUT2D eigenvalue weighted by atomic mass is 10.1. The van der Waals surface area contributed by atoms with Crippen LogP contribution in [0.25, 0.3) is 0 Å². The summed E-state index contributed by atoms with van der Waals surface area (Å²) in [5.41, 5.74) is 7.04. The Bertz CT molecular complexity index is 525. The van der Waals surface area contributed by atoms with Crippen molar-refractivity contribution in [3.8, 4) is 0 Å². The van der Waals surface area contributed by atoms with Crippen molar-refractivity contribution in [2.75, 3.05) is 13.1 Å². The topological polar surface area (TPSA) is 63.4 Å². The van der Waals surface area contributed by atoms with E-state index in [-0.39, 0.29) is 11.4 Å². The zero-order valence-electron chi connectivity index (χ0n) is 10.9. The lowest BCUT2D eigenvalue weighted by molar-refractivity contribution is 0.444. The standard InChI is InChI=1S/C12H19ClN2O2S/c1-4-15(5-2)18(16,17)12-7-11(13)6-10(8-14)9(12)3/h6-7H,4-5,8,14H2,1-3H3. The number of halogens is 1. The maximum Gasteiger partial charge on any atom is 0.243 e. The summed E-state index contributed by atoms with van der Waals surface area (Å²) in [4.78, 5) is 0.249. The average Bonchev–Trinajstić information content (AvgIpc) is 2.32. The number of hydrogen-bond acceptors (Lipinski definition) is 3. The highest BCUT2D eigenvalue weighted by atomic mass is 35.5. The van der Waals surface area contributed by atoms with Gasteiger partial charge in [0.15, 0.2) is 0 Å². The highest BCUT2D eigenvalue weighted by Gasteiger charge is 2.24. The van der Waals surface area contributed by atoms with Gasteiger partial charge in [-0.25, -0.2) is 8.42 Å². The molecule has 0 bridgehead atoms. The van der Waals surface area contributed by atoms with E-state index in [0.717, 1.165) is 5.56 Å². The Labute approximate surface area is 114 Å². The molecule has 1 aromatic carbocycles. The van der Waals surface area contributed by atoms with Crippen LogP contribution in [0.1, 0.15) is 25.0 Å². The van der Waals surface area contributed by atoms with Gasteiger partial charge in [-0.2, -0.15) is 4.31 Å². The monoisotopic (exact) mass is 290 g/mol. The molecular formula is C12H19ClN2O2S. The SMILES string of the molecule is CCN(CC)S(=O)(=O)c1cc(Cl)cc(CN)c1C. The minimum absolute atomic E-state index is 0.249. The van der Waals surface area contributed by atoms with Crippen molar-refractivity contribution in [1.82, 2.24) is 4.31 Å². The Hall–Kier alpha value is -0.620. The molecule has 1 rings (SSSR count). The molecule has 0 spiro atoms. The van der Waals surface area contributed by atoms with Gasteiger partial charge in [-0.3, -0.25) is 0 Å². The molecule has 4 nitrogen and oxygen atoms in total. The number of benzene rings is 1. The van der Waals surface area contributed by atoms with Crippen LogP contribution in [0.2, 0.25) is 5.02 Å². The summed E-state index contributed by atoms with van der Waals surface area (Å²) in [6.07, 6.45) is 0. The fourth-order valence-electron chi connectivity index (χ4n) is 1.89. The molecule has 6 heteroatoms. The fraction of sp³-hybridized carbons (Fsp3) is 0.500. The lowest BCUT2D eigenvalue weighted by Crippen LogP contribution is -2.31. The second-order valence-electron chi connectivity index (χ2n) is 3.98. The molecule has 0 aromatic heterocycles. The van der Waals surface area contributed by atoms with Crippen molar-refractivity contribution < 1.29 is 8.42 Å². The second-order valence-corrected chi connectivity index (χ2v) is 6.32. The highest BCUT2D eigenvalue weighted by Crippen LogP contribution is 2.26. The summed E-state index contributed by atoms with van der Waals surface area (Å²) in [5, 5.41) is 0.395. The van der Waals surface area contributed by atoms with Crippen molar-refractivity contribution in [2.45, 2.75) is 32.2 Å². The molecule has 0 saturated heterocycles. The van der Waals surface area contributed by atoms with Crippen LogP contribution in [0.15, 0.2) is 17.0 Å². The normalized spacial score (nSPS) is 12.1. The third kappa shape index (κ3) is 2.85. The first kappa shape index (κ1) is 15.4. The van der Waals surface area contributed by atoms with Crippen LogP contribution in [-0.2, 0) is 16.6 Å². The van der Waals surface area contributed by atoms with Gasteiger partial charge in [-0.1, -0.05) is 25.4 Å². The van der Waals surface area contributed by atoms with Crippen LogP contribution in [0.5, 0.6) is 0 Å². The Balaban J connectivity index is 3.45. The van der Waals surface area contributed by atoms with Crippen molar-refractivity contribution in [2.24, 2.45) is 5.73 Å². The number of nitrogens with zero attached hydrogens (tertiary/aromatic N) is 1. The molecule has 2 N–H and O–H groups in total. The summed E-state index contributed by atoms with van der Waals surface area (Å²) < 4.78 is 26.3. The summed E-state index contributed by atoms with van der Waals surface area (Å²) in [6.45, 7) is 6.52. The van der Waals surface area contributed by atoms with Gasteiger partial charge in [0.1, 0.15) is 0 Å². The van der Waals surface area contributed by atoms with E-state index < -0.39 is 10.0 Å². The molecule has 0 atom stereocenters. The first-order valence-corrected chi connectivity index (χ1v) is 7.69. The summed E-state index contributed by atoms with van der Waals surface area (Å²) in [5.74, 6) is 0. The number of sulfonamides is 1. The third-order valence-corrected chi connectivity index (χ3v) is 5.37. The van der Waals surface area contributed by atoms with Gasteiger partial charge in [0.2, 0.25) is 10.0 Å². The number of nitrogens with two attached hydrogens (primary N) is 1. The van der Waals surface area contributed by atoms with Gasteiger partial charge in [-0.15, -0.1) is 0 Å². The van der Waals surface area contributed by atoms with Gasteiger partial charge >= 0.3 is 0 Å². The Morgan fingerprint density at radius 3 is 2.28 bits per heavy atom. The maximum absolute atomic E-state index is 12.5. The predicted molar refractivity (Wildman–Crippen MR) is 74.2 cm³/mol. The summed E-state index contributed by atoms with van der Waals surface area (Å²) in [7, 11) is -3.49. The first-order valence-electron chi connectivity index (χ1n) is 5.87. The minimum atomic E-state index is -3.49. The van der Waals surface area contributed by atoms with Crippen LogP contribution < -0.4 is 5.73 Å². The van der Waals surface area contributed by atoms with E-state index in [1.54, 1.807) is 13.0 Å². The van der Waals surface area contributed by atoms with Crippen LogP contribution in [0, 0.1) is 6.92 Å². The van der Waals surface area contributed by atoms with Crippen molar-refractivity contribution >= 4 is 21.6 Å². The zero-order valence-corrected chi connectivity index (χ0v) is 12.5. The van der Waals surface area contributed by atoms with Gasteiger partial charge < -0.3 is 5.73 Å². The van der Waals surface area contributed by atoms with E-state index in [1.165, 1.54) is 10.4 Å². The van der Waals surface area contributed by atoms with E-state index >= 15 is 0 Å². The molecular weight excluding hydrogens is 272 g/mol. The molecule has 1 aromatic rings. The van der Waals surface area contributed by atoms with Crippen LogP contribution >= 0.6 is 11.6 Å². The Morgan fingerprint density at radius 2 is 1.83 bits per heavy atom. The molecule has 0 radical (unpaired) electrons.